The maximum absolute atomic E-state index is 13.0. The lowest BCUT2D eigenvalue weighted by Crippen LogP contribution is -2.05. The smallest absolute Gasteiger partial charge is 0.314 e. The predicted octanol–water partition coefficient (Wildman–Crippen LogP) is 7.05. The number of hydrogen-bond acceptors (Lipinski definition) is 2. The molecule has 29 heavy (non-hydrogen) atoms. The van der Waals surface area contributed by atoms with Crippen molar-refractivity contribution in [2.45, 2.75) is 23.6 Å². The zero-order valence-electron chi connectivity index (χ0n) is 15.2. The van der Waals surface area contributed by atoms with Crippen LogP contribution in [-0.2, 0) is 18.5 Å². The first-order chi connectivity index (χ1) is 13.9. The van der Waals surface area contributed by atoms with E-state index >= 15 is 0 Å². The van der Waals surface area contributed by atoms with E-state index in [-0.39, 0.29) is 0 Å². The number of nitrogens with zero attached hydrogens (tertiary/aromatic N) is 2. The van der Waals surface area contributed by atoms with Crippen LogP contribution in [0.1, 0.15) is 16.7 Å². The van der Waals surface area contributed by atoms with Crippen LogP contribution in [0.3, 0.4) is 0 Å². The van der Waals surface area contributed by atoms with E-state index in [0.717, 1.165) is 27.8 Å². The summed E-state index contributed by atoms with van der Waals surface area (Å²) in [6, 6.07) is 20.9. The van der Waals surface area contributed by atoms with Crippen molar-refractivity contribution >= 4 is 34.4 Å². The Balaban J connectivity index is 1.65. The lowest BCUT2D eigenvalue weighted by atomic mass is 10.1. The largest absolute Gasteiger partial charge is 0.416 e. The lowest BCUT2D eigenvalue weighted by molar-refractivity contribution is -0.137. The Bertz CT molecular complexity index is 1140. The van der Waals surface area contributed by atoms with Crippen LogP contribution in [0.25, 0.3) is 11.0 Å². The molecule has 0 saturated heterocycles. The molecule has 4 aromatic rings. The van der Waals surface area contributed by atoms with Gasteiger partial charge in [-0.15, -0.1) is 0 Å². The Morgan fingerprint density at radius 3 is 2.41 bits per heavy atom. The summed E-state index contributed by atoms with van der Waals surface area (Å²) >= 11 is 7.52. The third-order valence-corrected chi connectivity index (χ3v) is 5.76. The molecule has 0 atom stereocenters. The van der Waals surface area contributed by atoms with Crippen LogP contribution >= 0.6 is 23.4 Å². The number of aromatic nitrogens is 2. The molecule has 1 aromatic heterocycles. The van der Waals surface area contributed by atoms with Gasteiger partial charge in [0.1, 0.15) is 0 Å². The fourth-order valence-electron chi connectivity index (χ4n) is 3.10. The van der Waals surface area contributed by atoms with Gasteiger partial charge in [0.25, 0.3) is 0 Å². The lowest BCUT2D eigenvalue weighted by Gasteiger charge is -2.10. The number of hydrogen-bond donors (Lipinski definition) is 0. The van der Waals surface area contributed by atoms with Crippen LogP contribution < -0.4 is 0 Å². The second kappa shape index (κ2) is 8.13. The normalized spacial score (nSPS) is 11.9. The second-order valence-corrected chi connectivity index (χ2v) is 7.96. The van der Waals surface area contributed by atoms with Crippen molar-refractivity contribution in [2.75, 3.05) is 0 Å². The molecule has 0 radical (unpaired) electrons. The molecule has 0 aliphatic rings. The second-order valence-electron chi connectivity index (χ2n) is 6.59. The van der Waals surface area contributed by atoms with Gasteiger partial charge in [-0.3, -0.25) is 0 Å². The molecule has 0 aliphatic heterocycles. The predicted molar refractivity (Wildman–Crippen MR) is 111 cm³/mol. The Labute approximate surface area is 175 Å². The molecule has 0 N–H and O–H groups in total. The summed E-state index contributed by atoms with van der Waals surface area (Å²) in [5.41, 5.74) is 2.77. The molecule has 148 valence electrons. The zero-order valence-corrected chi connectivity index (χ0v) is 16.7. The van der Waals surface area contributed by atoms with Gasteiger partial charge in [-0.1, -0.05) is 71.9 Å². The summed E-state index contributed by atoms with van der Waals surface area (Å²) < 4.78 is 41.0. The number of halogens is 4. The van der Waals surface area contributed by atoms with Crippen LogP contribution in [0.4, 0.5) is 13.2 Å². The first kappa shape index (κ1) is 19.9. The minimum Gasteiger partial charge on any atom is -0.314 e. The monoisotopic (exact) mass is 432 g/mol. The zero-order chi connectivity index (χ0) is 20.4. The highest BCUT2D eigenvalue weighted by molar-refractivity contribution is 7.98. The average Bonchev–Trinajstić information content (AvgIpc) is 3.03. The van der Waals surface area contributed by atoms with Crippen molar-refractivity contribution in [3.63, 3.8) is 0 Å². The number of imidazole rings is 1. The van der Waals surface area contributed by atoms with E-state index in [4.69, 9.17) is 11.6 Å². The van der Waals surface area contributed by atoms with E-state index < -0.39 is 11.7 Å². The summed E-state index contributed by atoms with van der Waals surface area (Å²) in [5, 5.41) is 1.33. The molecule has 0 bridgehead atoms. The van der Waals surface area contributed by atoms with Gasteiger partial charge >= 0.3 is 6.18 Å². The van der Waals surface area contributed by atoms with E-state index in [2.05, 4.69) is 9.55 Å². The standard InChI is InChI=1S/C22H16ClF3N2S/c23-18-9-10-20-19(12-18)27-21(28(20)13-15-5-2-1-3-6-15)29-14-16-7-4-8-17(11-16)22(24,25)26/h1-12H,13-14H2. The topological polar surface area (TPSA) is 17.8 Å². The SMILES string of the molecule is FC(F)(F)c1cccc(CSc2nc3cc(Cl)ccc3n2Cc2ccccc2)c1. The molecule has 0 unspecified atom stereocenters. The average molecular weight is 433 g/mol. The molecular formula is C22H16ClF3N2S. The van der Waals surface area contributed by atoms with Crippen LogP contribution in [0.15, 0.2) is 78.0 Å². The minimum absolute atomic E-state index is 0.385. The molecule has 2 nitrogen and oxygen atoms in total. The van der Waals surface area contributed by atoms with Crippen LogP contribution in [0.2, 0.25) is 5.02 Å². The molecule has 0 spiro atoms. The van der Waals surface area contributed by atoms with Crippen LogP contribution in [0, 0.1) is 0 Å². The maximum atomic E-state index is 13.0. The van der Waals surface area contributed by atoms with Crippen molar-refractivity contribution in [1.29, 1.82) is 0 Å². The van der Waals surface area contributed by atoms with E-state index in [9.17, 15) is 13.2 Å². The number of thioether (sulfide) groups is 1. The first-order valence-corrected chi connectivity index (χ1v) is 10.3. The number of fused-ring (bicyclic) bond motifs is 1. The van der Waals surface area contributed by atoms with Crippen LogP contribution in [-0.4, -0.2) is 9.55 Å². The highest BCUT2D eigenvalue weighted by atomic mass is 35.5. The van der Waals surface area contributed by atoms with Crippen LogP contribution in [0.5, 0.6) is 0 Å². The van der Waals surface area contributed by atoms with Gasteiger partial charge in [0.2, 0.25) is 0 Å². The molecule has 3 aromatic carbocycles. The van der Waals surface area contributed by atoms with Crippen molar-refractivity contribution in [1.82, 2.24) is 9.55 Å². The summed E-state index contributed by atoms with van der Waals surface area (Å²) in [6.07, 6.45) is -4.35. The van der Waals surface area contributed by atoms with Gasteiger partial charge in [0, 0.05) is 10.8 Å². The molecule has 0 amide bonds. The Kier molecular flexibility index (Phi) is 5.56. The van der Waals surface area contributed by atoms with Gasteiger partial charge in [-0.2, -0.15) is 13.2 Å². The maximum Gasteiger partial charge on any atom is 0.416 e. The van der Waals surface area contributed by atoms with E-state index in [0.29, 0.717) is 22.9 Å². The minimum atomic E-state index is -4.35. The summed E-state index contributed by atoms with van der Waals surface area (Å²) in [6.45, 7) is 0.615. The summed E-state index contributed by atoms with van der Waals surface area (Å²) in [4.78, 5) is 4.68. The number of alkyl halides is 3. The van der Waals surface area contributed by atoms with E-state index in [1.165, 1.54) is 23.9 Å². The summed E-state index contributed by atoms with van der Waals surface area (Å²) in [5.74, 6) is 0.385. The molecule has 7 heteroatoms. The molecule has 0 aliphatic carbocycles. The highest BCUT2D eigenvalue weighted by Crippen LogP contribution is 2.32. The third-order valence-electron chi connectivity index (χ3n) is 4.48. The van der Waals surface area contributed by atoms with Gasteiger partial charge in [-0.05, 0) is 35.4 Å². The number of rotatable bonds is 5. The van der Waals surface area contributed by atoms with Gasteiger partial charge in [0.15, 0.2) is 5.16 Å². The third kappa shape index (κ3) is 4.60. The summed E-state index contributed by atoms with van der Waals surface area (Å²) in [7, 11) is 0. The highest BCUT2D eigenvalue weighted by Gasteiger charge is 2.30. The fraction of sp³-hybridized carbons (Fsp3) is 0.136. The first-order valence-electron chi connectivity index (χ1n) is 8.89. The van der Waals surface area contributed by atoms with E-state index in [1.54, 1.807) is 12.1 Å². The fourth-order valence-corrected chi connectivity index (χ4v) is 4.22. The quantitative estimate of drug-likeness (QED) is 0.314. The van der Waals surface area contributed by atoms with Gasteiger partial charge in [-0.25, -0.2) is 4.98 Å². The number of benzene rings is 3. The Morgan fingerprint density at radius 2 is 1.66 bits per heavy atom. The molecule has 4 rings (SSSR count). The van der Waals surface area contributed by atoms with E-state index in [1.807, 2.05) is 42.5 Å². The molecule has 1 heterocycles. The molecular weight excluding hydrogens is 417 g/mol. The van der Waals surface area contributed by atoms with Crippen molar-refractivity contribution in [2.24, 2.45) is 0 Å². The van der Waals surface area contributed by atoms with Gasteiger partial charge < -0.3 is 4.57 Å². The Morgan fingerprint density at radius 1 is 0.897 bits per heavy atom. The van der Waals surface area contributed by atoms with Crippen molar-refractivity contribution < 1.29 is 13.2 Å². The van der Waals surface area contributed by atoms with Crippen molar-refractivity contribution in [3.05, 3.63) is 94.5 Å². The van der Waals surface area contributed by atoms with Crippen molar-refractivity contribution in [3.8, 4) is 0 Å². The van der Waals surface area contributed by atoms with Gasteiger partial charge in [0.05, 0.1) is 23.1 Å². The molecule has 0 saturated carbocycles. The Hall–Kier alpha value is -2.44. The molecule has 0 fully saturated rings.